The molecule has 0 spiro atoms. The summed E-state index contributed by atoms with van der Waals surface area (Å²) >= 11 is 0. The minimum Gasteiger partial charge on any atom is -0.497 e. The Morgan fingerprint density at radius 2 is 1.96 bits per heavy atom. The number of ether oxygens (including phenoxy) is 1. The van der Waals surface area contributed by atoms with E-state index in [1.54, 1.807) is 25.7 Å². The summed E-state index contributed by atoms with van der Waals surface area (Å²) in [5.74, 6) is 1.25. The van der Waals surface area contributed by atoms with Gasteiger partial charge in [0, 0.05) is 18.0 Å². The third-order valence-corrected chi connectivity index (χ3v) is 3.58. The van der Waals surface area contributed by atoms with Gasteiger partial charge in [-0.05, 0) is 35.9 Å². The molecule has 3 aromatic rings. The number of anilines is 1. The summed E-state index contributed by atoms with van der Waals surface area (Å²) in [5, 5.41) is 0. The molecule has 2 aromatic heterocycles. The second-order valence-electron chi connectivity index (χ2n) is 5.28. The average molecular weight is 334 g/mol. The van der Waals surface area contributed by atoms with Gasteiger partial charge in [0.2, 0.25) is 0 Å². The van der Waals surface area contributed by atoms with Crippen LogP contribution < -0.4 is 16.2 Å². The van der Waals surface area contributed by atoms with Crippen LogP contribution in [0.1, 0.15) is 11.3 Å². The van der Waals surface area contributed by atoms with Crippen LogP contribution in [-0.2, 0) is 6.54 Å². The zero-order chi connectivity index (χ0) is 17.6. The maximum absolute atomic E-state index is 6.06. The maximum atomic E-state index is 6.06. The fraction of sp³-hybridized carbons (Fsp3) is 0.111. The number of amidine groups is 1. The Balaban J connectivity index is 1.87. The summed E-state index contributed by atoms with van der Waals surface area (Å²) in [7, 11) is 1.62. The van der Waals surface area contributed by atoms with Crippen LogP contribution in [0, 0.1) is 0 Å². The lowest BCUT2D eigenvalue weighted by Crippen LogP contribution is -2.19. The van der Waals surface area contributed by atoms with E-state index in [4.69, 9.17) is 16.2 Å². The molecule has 7 nitrogen and oxygen atoms in total. The molecule has 1 aromatic carbocycles. The molecule has 7 heteroatoms. The van der Waals surface area contributed by atoms with E-state index in [0.29, 0.717) is 17.9 Å². The first-order valence-electron chi connectivity index (χ1n) is 7.63. The predicted molar refractivity (Wildman–Crippen MR) is 97.1 cm³/mol. The number of hydrogen-bond donors (Lipinski definition) is 2. The van der Waals surface area contributed by atoms with Crippen molar-refractivity contribution in [3.63, 3.8) is 0 Å². The number of nitrogens with zero attached hydrogens (tertiary/aromatic N) is 4. The van der Waals surface area contributed by atoms with Crippen LogP contribution in [0.3, 0.4) is 0 Å². The van der Waals surface area contributed by atoms with E-state index in [1.165, 1.54) is 0 Å². The molecule has 25 heavy (non-hydrogen) atoms. The number of aromatic nitrogens is 3. The van der Waals surface area contributed by atoms with Gasteiger partial charge in [-0.15, -0.1) is 0 Å². The van der Waals surface area contributed by atoms with Crippen LogP contribution in [-0.4, -0.2) is 27.9 Å². The summed E-state index contributed by atoms with van der Waals surface area (Å²) in [6.45, 7) is 0.396. The molecule has 0 fully saturated rings. The van der Waals surface area contributed by atoms with E-state index in [1.807, 2.05) is 36.4 Å². The SMILES string of the molecule is COc1ccc(-c2cnc(N)c(C(N)=NCc3cccnc3)n2)cc1. The first kappa shape index (κ1) is 16.4. The molecule has 0 amide bonds. The van der Waals surface area contributed by atoms with Crippen LogP contribution in [0.15, 0.2) is 60.0 Å². The number of methoxy groups -OCH3 is 1. The zero-order valence-corrected chi connectivity index (χ0v) is 13.8. The van der Waals surface area contributed by atoms with Gasteiger partial charge in [-0.1, -0.05) is 6.07 Å². The van der Waals surface area contributed by atoms with Crippen molar-refractivity contribution in [2.45, 2.75) is 6.54 Å². The summed E-state index contributed by atoms with van der Waals surface area (Å²) in [6, 6.07) is 11.3. The highest BCUT2D eigenvalue weighted by atomic mass is 16.5. The van der Waals surface area contributed by atoms with Gasteiger partial charge in [0.05, 0.1) is 25.5 Å². The van der Waals surface area contributed by atoms with Crippen molar-refractivity contribution in [2.24, 2.45) is 10.7 Å². The van der Waals surface area contributed by atoms with Gasteiger partial charge in [0.25, 0.3) is 0 Å². The molecule has 0 saturated carbocycles. The predicted octanol–water partition coefficient (Wildman–Crippen LogP) is 2.03. The first-order chi connectivity index (χ1) is 12.2. The molecule has 4 N–H and O–H groups in total. The van der Waals surface area contributed by atoms with Crippen molar-refractivity contribution in [1.82, 2.24) is 15.0 Å². The smallest absolute Gasteiger partial charge is 0.153 e. The number of nitrogens with two attached hydrogens (primary N) is 2. The first-order valence-corrected chi connectivity index (χ1v) is 7.63. The summed E-state index contributed by atoms with van der Waals surface area (Å²) in [5.41, 5.74) is 14.8. The van der Waals surface area contributed by atoms with E-state index in [2.05, 4.69) is 19.9 Å². The minimum atomic E-state index is 0.240. The highest BCUT2D eigenvalue weighted by molar-refractivity contribution is 5.99. The summed E-state index contributed by atoms with van der Waals surface area (Å²) in [4.78, 5) is 17.1. The lowest BCUT2D eigenvalue weighted by Gasteiger charge is -2.08. The van der Waals surface area contributed by atoms with Gasteiger partial charge < -0.3 is 16.2 Å². The lowest BCUT2D eigenvalue weighted by molar-refractivity contribution is 0.415. The van der Waals surface area contributed by atoms with Crippen molar-refractivity contribution in [3.05, 3.63) is 66.2 Å². The average Bonchev–Trinajstić information content (AvgIpc) is 2.67. The molecule has 0 saturated heterocycles. The topological polar surface area (TPSA) is 112 Å². The molecule has 0 bridgehead atoms. The van der Waals surface area contributed by atoms with Crippen molar-refractivity contribution >= 4 is 11.7 Å². The molecular weight excluding hydrogens is 316 g/mol. The molecule has 0 aliphatic heterocycles. The second-order valence-corrected chi connectivity index (χ2v) is 5.28. The molecule has 2 heterocycles. The summed E-state index contributed by atoms with van der Waals surface area (Å²) < 4.78 is 5.16. The van der Waals surface area contributed by atoms with Crippen LogP contribution in [0.2, 0.25) is 0 Å². The monoisotopic (exact) mass is 334 g/mol. The quantitative estimate of drug-likeness (QED) is 0.545. The molecule has 0 unspecified atom stereocenters. The van der Waals surface area contributed by atoms with Crippen LogP contribution in [0.5, 0.6) is 5.75 Å². The maximum Gasteiger partial charge on any atom is 0.153 e. The minimum absolute atomic E-state index is 0.240. The number of hydrogen-bond acceptors (Lipinski definition) is 6. The highest BCUT2D eigenvalue weighted by Gasteiger charge is 2.10. The van der Waals surface area contributed by atoms with Crippen molar-refractivity contribution in [2.75, 3.05) is 12.8 Å². The van der Waals surface area contributed by atoms with E-state index in [9.17, 15) is 0 Å². The Morgan fingerprint density at radius 3 is 2.64 bits per heavy atom. The third kappa shape index (κ3) is 3.89. The fourth-order valence-corrected chi connectivity index (χ4v) is 2.23. The standard InChI is InChI=1S/C18H18N6O/c1-25-14-6-4-13(5-7-14)15-11-23-18(20)16(24-15)17(19)22-10-12-3-2-8-21-9-12/h2-9,11H,10H2,1H3,(H2,19,22)(H2,20,23). The van der Waals surface area contributed by atoms with Crippen molar-refractivity contribution in [3.8, 4) is 17.0 Å². The van der Waals surface area contributed by atoms with Crippen molar-refractivity contribution < 1.29 is 4.74 Å². The summed E-state index contributed by atoms with van der Waals surface area (Å²) in [6.07, 6.45) is 5.05. The van der Waals surface area contributed by atoms with E-state index >= 15 is 0 Å². The van der Waals surface area contributed by atoms with Crippen LogP contribution >= 0.6 is 0 Å². The Kier molecular flexibility index (Phi) is 4.84. The van der Waals surface area contributed by atoms with Gasteiger partial charge in [0.15, 0.2) is 5.82 Å². The number of pyridine rings is 1. The Morgan fingerprint density at radius 1 is 1.16 bits per heavy atom. The van der Waals surface area contributed by atoms with Gasteiger partial charge in [0.1, 0.15) is 17.3 Å². The fourth-order valence-electron chi connectivity index (χ4n) is 2.23. The number of benzene rings is 1. The Bertz CT molecular complexity index is 878. The normalized spacial score (nSPS) is 11.3. The molecule has 0 aliphatic rings. The lowest BCUT2D eigenvalue weighted by atomic mass is 10.1. The van der Waals surface area contributed by atoms with E-state index in [-0.39, 0.29) is 11.7 Å². The van der Waals surface area contributed by atoms with Crippen LogP contribution in [0.25, 0.3) is 11.3 Å². The zero-order valence-electron chi connectivity index (χ0n) is 13.8. The molecule has 0 atom stereocenters. The van der Waals surface area contributed by atoms with E-state index < -0.39 is 0 Å². The second kappa shape index (κ2) is 7.39. The van der Waals surface area contributed by atoms with Crippen LogP contribution in [0.4, 0.5) is 5.82 Å². The number of rotatable bonds is 5. The highest BCUT2D eigenvalue weighted by Crippen LogP contribution is 2.21. The Hall–Kier alpha value is -3.48. The van der Waals surface area contributed by atoms with Crippen molar-refractivity contribution in [1.29, 1.82) is 0 Å². The number of nitrogen functional groups attached to an aromatic ring is 1. The molecule has 0 radical (unpaired) electrons. The molecule has 0 aliphatic carbocycles. The van der Waals surface area contributed by atoms with Gasteiger partial charge in [-0.3, -0.25) is 9.98 Å². The number of aliphatic imine (C=N–C) groups is 1. The molecule has 126 valence electrons. The molecular formula is C18H18N6O. The van der Waals surface area contributed by atoms with Gasteiger partial charge in [-0.2, -0.15) is 0 Å². The molecule has 3 rings (SSSR count). The van der Waals surface area contributed by atoms with E-state index in [0.717, 1.165) is 16.9 Å². The third-order valence-electron chi connectivity index (χ3n) is 3.58. The Labute approximate surface area is 145 Å². The van der Waals surface area contributed by atoms with Gasteiger partial charge >= 0.3 is 0 Å². The van der Waals surface area contributed by atoms with Gasteiger partial charge in [-0.25, -0.2) is 9.97 Å². The largest absolute Gasteiger partial charge is 0.497 e.